The minimum atomic E-state index is -1.05. The Balaban J connectivity index is 2.27. The average molecular weight is 249 g/mol. The van der Waals surface area contributed by atoms with Crippen LogP contribution in [-0.4, -0.2) is 21.2 Å². The van der Waals surface area contributed by atoms with Crippen molar-refractivity contribution in [3.05, 3.63) is 23.8 Å². The van der Waals surface area contributed by atoms with Gasteiger partial charge >= 0.3 is 0 Å². The van der Waals surface area contributed by atoms with Crippen molar-refractivity contribution in [1.29, 1.82) is 0 Å². The van der Waals surface area contributed by atoms with Crippen molar-refractivity contribution in [3.63, 3.8) is 0 Å². The summed E-state index contributed by atoms with van der Waals surface area (Å²) in [6, 6.07) is 5.89. The van der Waals surface area contributed by atoms with Crippen molar-refractivity contribution >= 4 is 28.8 Å². The molecule has 1 aromatic carbocycles. The lowest BCUT2D eigenvalue weighted by atomic mass is 10.2. The molecule has 0 fully saturated rings. The average Bonchev–Trinajstić information content (AvgIpc) is 2.66. The third-order valence-corrected chi connectivity index (χ3v) is 3.73. The molecular weight excluding hydrogens is 236 g/mol. The van der Waals surface area contributed by atoms with E-state index < -0.39 is 11.2 Å². The molecule has 0 unspecified atom stereocenters. The Kier molecular flexibility index (Phi) is 3.38. The van der Waals surface area contributed by atoms with Crippen molar-refractivity contribution in [1.82, 2.24) is 9.97 Å². The number of H-pyrrole nitrogens is 1. The number of carbonyl (C=O) groups is 1. The molecule has 0 radical (unpaired) electrons. The number of fused-ring (bicyclic) bond motifs is 1. The molecule has 0 amide bonds. The minimum absolute atomic E-state index is 0.517. The number of aliphatic carboxylic acids is 1. The second-order valence-electron chi connectivity index (χ2n) is 3.90. The molecule has 90 valence electrons. The zero-order valence-electron chi connectivity index (χ0n) is 9.69. The SMILES string of the molecule is CC[C@H](Sc1nc2ccc(C)cc2[nH]1)C(=O)[O-]. The van der Waals surface area contributed by atoms with Crippen LogP contribution >= 0.6 is 11.8 Å². The molecule has 0 bridgehead atoms. The molecular formula is C12H13N2O2S-. The Morgan fingerprint density at radius 1 is 1.59 bits per heavy atom. The number of aromatic nitrogens is 2. The van der Waals surface area contributed by atoms with Crippen LogP contribution in [0.1, 0.15) is 18.9 Å². The fourth-order valence-electron chi connectivity index (χ4n) is 1.59. The molecule has 4 nitrogen and oxygen atoms in total. The van der Waals surface area contributed by atoms with E-state index >= 15 is 0 Å². The Labute approximate surface area is 103 Å². The number of aromatic amines is 1. The number of carbonyl (C=O) groups excluding carboxylic acids is 1. The number of hydrogen-bond donors (Lipinski definition) is 1. The van der Waals surface area contributed by atoms with E-state index in [1.54, 1.807) is 0 Å². The highest BCUT2D eigenvalue weighted by atomic mass is 32.2. The summed E-state index contributed by atoms with van der Waals surface area (Å²) < 4.78 is 0. The van der Waals surface area contributed by atoms with Crippen LogP contribution in [0.2, 0.25) is 0 Å². The lowest BCUT2D eigenvalue weighted by Crippen LogP contribution is -2.33. The minimum Gasteiger partial charge on any atom is -0.549 e. The summed E-state index contributed by atoms with van der Waals surface area (Å²) >= 11 is 1.20. The van der Waals surface area contributed by atoms with Crippen molar-refractivity contribution < 1.29 is 9.90 Å². The molecule has 2 rings (SSSR count). The largest absolute Gasteiger partial charge is 0.549 e. The van der Waals surface area contributed by atoms with Crippen LogP contribution in [0.4, 0.5) is 0 Å². The summed E-state index contributed by atoms with van der Waals surface area (Å²) in [6.07, 6.45) is 0.517. The van der Waals surface area contributed by atoms with E-state index in [1.807, 2.05) is 32.0 Å². The summed E-state index contributed by atoms with van der Waals surface area (Å²) in [5, 5.41) is 10.9. The van der Waals surface area contributed by atoms with Gasteiger partial charge in [-0.3, -0.25) is 0 Å². The summed E-state index contributed by atoms with van der Waals surface area (Å²) in [6.45, 7) is 3.82. The number of nitrogens with one attached hydrogen (secondary N) is 1. The lowest BCUT2D eigenvalue weighted by Gasteiger charge is -2.12. The summed E-state index contributed by atoms with van der Waals surface area (Å²) in [5.41, 5.74) is 2.93. The molecule has 17 heavy (non-hydrogen) atoms. The number of carboxylic acid groups (broad SMARTS) is 1. The molecule has 0 aliphatic rings. The summed E-state index contributed by atoms with van der Waals surface area (Å²) in [5.74, 6) is -1.05. The van der Waals surface area contributed by atoms with Crippen molar-refractivity contribution in [2.45, 2.75) is 30.7 Å². The number of imidazole rings is 1. The van der Waals surface area contributed by atoms with Gasteiger partial charge in [0.15, 0.2) is 5.16 Å². The van der Waals surface area contributed by atoms with Gasteiger partial charge in [0.1, 0.15) is 0 Å². The molecule has 0 saturated heterocycles. The first-order valence-corrected chi connectivity index (χ1v) is 6.32. The molecule has 1 aromatic heterocycles. The van der Waals surface area contributed by atoms with Gasteiger partial charge in [-0.2, -0.15) is 0 Å². The van der Waals surface area contributed by atoms with E-state index in [9.17, 15) is 9.90 Å². The van der Waals surface area contributed by atoms with Crippen molar-refractivity contribution in [2.75, 3.05) is 0 Å². The second kappa shape index (κ2) is 4.79. The highest BCUT2D eigenvalue weighted by Crippen LogP contribution is 2.25. The van der Waals surface area contributed by atoms with Gasteiger partial charge in [0.25, 0.3) is 0 Å². The molecule has 0 aliphatic heterocycles. The molecule has 1 atom stereocenters. The van der Waals surface area contributed by atoms with Crippen LogP contribution < -0.4 is 5.11 Å². The maximum absolute atomic E-state index is 10.8. The fraction of sp³-hybridized carbons (Fsp3) is 0.333. The van der Waals surface area contributed by atoms with E-state index in [-0.39, 0.29) is 0 Å². The Morgan fingerprint density at radius 2 is 2.35 bits per heavy atom. The fourth-order valence-corrected chi connectivity index (χ4v) is 2.44. The van der Waals surface area contributed by atoms with Crippen LogP contribution in [0.15, 0.2) is 23.4 Å². The maximum Gasteiger partial charge on any atom is 0.167 e. The number of rotatable bonds is 4. The first kappa shape index (κ1) is 12.0. The number of benzene rings is 1. The van der Waals surface area contributed by atoms with E-state index in [0.717, 1.165) is 16.6 Å². The number of thioether (sulfide) groups is 1. The molecule has 0 saturated carbocycles. The van der Waals surface area contributed by atoms with Crippen LogP contribution in [-0.2, 0) is 4.79 Å². The monoisotopic (exact) mass is 249 g/mol. The van der Waals surface area contributed by atoms with Crippen molar-refractivity contribution in [3.8, 4) is 0 Å². The Hall–Kier alpha value is -1.49. The normalized spacial score (nSPS) is 12.8. The second-order valence-corrected chi connectivity index (χ2v) is 5.09. The number of carboxylic acids is 1. The molecule has 2 aromatic rings. The van der Waals surface area contributed by atoms with E-state index in [2.05, 4.69) is 9.97 Å². The zero-order chi connectivity index (χ0) is 12.4. The number of nitrogens with zero attached hydrogens (tertiary/aromatic N) is 1. The van der Waals surface area contributed by atoms with E-state index in [4.69, 9.17) is 0 Å². The first-order valence-electron chi connectivity index (χ1n) is 5.44. The Morgan fingerprint density at radius 3 is 3.00 bits per heavy atom. The summed E-state index contributed by atoms with van der Waals surface area (Å²) in [4.78, 5) is 18.3. The van der Waals surface area contributed by atoms with E-state index in [0.29, 0.717) is 11.6 Å². The van der Waals surface area contributed by atoms with Gasteiger partial charge in [0.2, 0.25) is 0 Å². The van der Waals surface area contributed by atoms with E-state index in [1.165, 1.54) is 11.8 Å². The van der Waals surface area contributed by atoms with Gasteiger partial charge in [-0.15, -0.1) is 0 Å². The predicted octanol–water partition coefficient (Wildman–Crippen LogP) is 1.49. The highest BCUT2D eigenvalue weighted by molar-refractivity contribution is 8.00. The summed E-state index contributed by atoms with van der Waals surface area (Å²) in [7, 11) is 0. The van der Waals surface area contributed by atoms with Crippen LogP contribution in [0.25, 0.3) is 11.0 Å². The molecule has 0 spiro atoms. The standard InChI is InChI=1S/C12H14N2O2S/c1-3-10(11(15)16)17-12-13-8-5-4-7(2)6-9(8)14-12/h4-6,10H,3H2,1-2H3,(H,13,14)(H,15,16)/p-1/t10-/m0/s1. The maximum atomic E-state index is 10.8. The first-order chi connectivity index (χ1) is 8.10. The van der Waals surface area contributed by atoms with Crippen LogP contribution in [0, 0.1) is 6.92 Å². The Bertz CT molecular complexity index is 550. The van der Waals surface area contributed by atoms with Crippen molar-refractivity contribution in [2.24, 2.45) is 0 Å². The number of hydrogen-bond acceptors (Lipinski definition) is 4. The zero-order valence-corrected chi connectivity index (χ0v) is 10.5. The van der Waals surface area contributed by atoms with Gasteiger partial charge in [-0.05, 0) is 31.0 Å². The third kappa shape index (κ3) is 2.61. The molecule has 1 N–H and O–H groups in total. The van der Waals surface area contributed by atoms with Crippen LogP contribution in [0.3, 0.4) is 0 Å². The van der Waals surface area contributed by atoms with Gasteiger partial charge in [0.05, 0.1) is 22.3 Å². The topological polar surface area (TPSA) is 68.8 Å². The predicted molar refractivity (Wildman–Crippen MR) is 65.8 cm³/mol. The smallest absolute Gasteiger partial charge is 0.167 e. The lowest BCUT2D eigenvalue weighted by molar-refractivity contribution is -0.304. The third-order valence-electron chi connectivity index (χ3n) is 2.50. The molecule has 0 aliphatic carbocycles. The van der Waals surface area contributed by atoms with Gasteiger partial charge < -0.3 is 14.9 Å². The van der Waals surface area contributed by atoms with Gasteiger partial charge in [-0.25, -0.2) is 4.98 Å². The quantitative estimate of drug-likeness (QED) is 0.833. The van der Waals surface area contributed by atoms with Gasteiger partial charge in [-0.1, -0.05) is 24.8 Å². The highest BCUT2D eigenvalue weighted by Gasteiger charge is 2.12. The van der Waals surface area contributed by atoms with Crippen LogP contribution in [0.5, 0.6) is 0 Å². The molecule has 1 heterocycles. The number of aryl methyl sites for hydroxylation is 1. The molecule has 5 heteroatoms. The van der Waals surface area contributed by atoms with Gasteiger partial charge in [0, 0.05) is 0 Å².